The van der Waals surface area contributed by atoms with Crippen LogP contribution in [-0.4, -0.2) is 51.0 Å². The van der Waals surface area contributed by atoms with Gasteiger partial charge in [0.1, 0.15) is 18.4 Å². The number of hydrogen-bond acceptors (Lipinski definition) is 5. The average Bonchev–Trinajstić information content (AvgIpc) is 1.97. The van der Waals surface area contributed by atoms with Gasteiger partial charge in [-0.05, 0) is 6.92 Å². The Morgan fingerprint density at radius 1 is 0.909 bits per heavy atom. The van der Waals surface area contributed by atoms with Crippen LogP contribution in [0.25, 0.3) is 0 Å². The monoisotopic (exact) mass is 163 g/mol. The zero-order valence-corrected chi connectivity index (χ0v) is 6.18. The Morgan fingerprint density at radius 3 is 2.00 bits per heavy atom. The highest BCUT2D eigenvalue weighted by atomic mass is 16.4. The van der Waals surface area contributed by atoms with E-state index in [1.165, 1.54) is 0 Å². The van der Waals surface area contributed by atoms with Gasteiger partial charge in [-0.3, -0.25) is 5.32 Å². The van der Waals surface area contributed by atoms with Gasteiger partial charge in [-0.15, -0.1) is 0 Å². The van der Waals surface area contributed by atoms with Gasteiger partial charge in [0.2, 0.25) is 0 Å². The van der Waals surface area contributed by atoms with Crippen molar-refractivity contribution in [3.8, 4) is 0 Å². The number of aliphatic hydroxyl groups is 4. The molecule has 5 N–H and O–H groups in total. The number of aliphatic hydroxyl groups excluding tert-OH is 4. The summed E-state index contributed by atoms with van der Waals surface area (Å²) in [6.07, 6.45) is -4.79. The highest BCUT2D eigenvalue weighted by molar-refractivity contribution is 4.91. The van der Waals surface area contributed by atoms with E-state index in [4.69, 9.17) is 20.4 Å². The van der Waals surface area contributed by atoms with Gasteiger partial charge in [-0.1, -0.05) is 0 Å². The van der Waals surface area contributed by atoms with Crippen molar-refractivity contribution in [2.24, 2.45) is 0 Å². The number of nitrogens with one attached hydrogen (secondary N) is 1. The van der Waals surface area contributed by atoms with Gasteiger partial charge in [0.05, 0.1) is 6.10 Å². The zero-order valence-electron chi connectivity index (χ0n) is 6.18. The van der Waals surface area contributed by atoms with Crippen molar-refractivity contribution in [2.75, 3.05) is 0 Å². The van der Waals surface area contributed by atoms with Gasteiger partial charge < -0.3 is 20.4 Å². The highest BCUT2D eigenvalue weighted by Gasteiger charge is 2.39. The van der Waals surface area contributed by atoms with Crippen LogP contribution in [0.1, 0.15) is 6.92 Å². The van der Waals surface area contributed by atoms with Crippen LogP contribution in [0.4, 0.5) is 0 Å². The summed E-state index contributed by atoms with van der Waals surface area (Å²) in [4.78, 5) is 0. The van der Waals surface area contributed by atoms with Crippen LogP contribution >= 0.6 is 0 Å². The predicted octanol–water partition coefficient (Wildman–Crippen LogP) is -2.62. The van der Waals surface area contributed by atoms with Crippen molar-refractivity contribution in [1.82, 2.24) is 5.32 Å². The molecule has 1 saturated heterocycles. The minimum absolute atomic E-state index is 0.414. The summed E-state index contributed by atoms with van der Waals surface area (Å²) in [7, 11) is 0. The summed E-state index contributed by atoms with van der Waals surface area (Å²) < 4.78 is 0. The van der Waals surface area contributed by atoms with E-state index in [9.17, 15) is 0 Å². The van der Waals surface area contributed by atoms with Gasteiger partial charge in [-0.2, -0.15) is 0 Å². The Labute approximate surface area is 64.3 Å². The minimum atomic E-state index is -1.32. The first kappa shape index (κ1) is 8.89. The lowest BCUT2D eigenvalue weighted by Crippen LogP contribution is -2.63. The standard InChI is InChI=1S/C6H13NO4/c1-2-3(8)4(9)5(10)6(11)7-2/h2-11H,1H3/t2-,3+,4+,5-,6-/m1/s1. The van der Waals surface area contributed by atoms with E-state index in [1.807, 2.05) is 0 Å². The molecule has 0 aromatic rings. The fraction of sp³-hybridized carbons (Fsp3) is 1.00. The lowest BCUT2D eigenvalue weighted by atomic mass is 9.96. The molecular formula is C6H13NO4. The molecular weight excluding hydrogens is 150 g/mol. The van der Waals surface area contributed by atoms with Crippen LogP contribution in [0.2, 0.25) is 0 Å². The smallest absolute Gasteiger partial charge is 0.134 e. The van der Waals surface area contributed by atoms with Crippen LogP contribution in [0.3, 0.4) is 0 Å². The molecule has 0 aromatic carbocycles. The molecule has 1 fully saturated rings. The Kier molecular flexibility index (Phi) is 2.46. The first-order valence-electron chi connectivity index (χ1n) is 3.52. The summed E-state index contributed by atoms with van der Waals surface area (Å²) in [6.45, 7) is 1.61. The van der Waals surface area contributed by atoms with Gasteiger partial charge >= 0.3 is 0 Å². The lowest BCUT2D eigenvalue weighted by molar-refractivity contribution is -0.154. The maximum absolute atomic E-state index is 9.15. The second-order valence-electron chi connectivity index (χ2n) is 2.87. The van der Waals surface area contributed by atoms with Crippen LogP contribution < -0.4 is 5.32 Å². The molecule has 5 atom stereocenters. The average molecular weight is 163 g/mol. The van der Waals surface area contributed by atoms with Crippen LogP contribution in [0.5, 0.6) is 0 Å². The first-order valence-corrected chi connectivity index (χ1v) is 3.52. The second kappa shape index (κ2) is 3.04. The molecule has 0 aromatic heterocycles. The Balaban J connectivity index is 2.63. The first-order chi connectivity index (χ1) is 5.04. The van der Waals surface area contributed by atoms with E-state index in [-0.39, 0.29) is 0 Å². The summed E-state index contributed by atoms with van der Waals surface area (Å²) >= 11 is 0. The Bertz CT molecular complexity index is 129. The van der Waals surface area contributed by atoms with E-state index in [0.29, 0.717) is 0 Å². The summed E-state index contributed by atoms with van der Waals surface area (Å²) in [6, 6.07) is -0.414. The molecule has 11 heavy (non-hydrogen) atoms. The quantitative estimate of drug-likeness (QED) is 0.269. The maximum atomic E-state index is 9.15. The number of hydrogen-bond donors (Lipinski definition) is 5. The number of piperidine rings is 1. The van der Waals surface area contributed by atoms with Crippen molar-refractivity contribution in [2.45, 2.75) is 37.5 Å². The molecule has 0 aliphatic carbocycles. The van der Waals surface area contributed by atoms with Crippen LogP contribution in [-0.2, 0) is 0 Å². The maximum Gasteiger partial charge on any atom is 0.134 e. The molecule has 1 rings (SSSR count). The molecule has 5 nitrogen and oxygen atoms in total. The van der Waals surface area contributed by atoms with Gasteiger partial charge in [-0.25, -0.2) is 0 Å². The van der Waals surface area contributed by atoms with Gasteiger partial charge in [0, 0.05) is 6.04 Å². The molecule has 0 amide bonds. The van der Waals surface area contributed by atoms with Crippen LogP contribution in [0.15, 0.2) is 0 Å². The van der Waals surface area contributed by atoms with E-state index in [1.54, 1.807) is 6.92 Å². The minimum Gasteiger partial charge on any atom is -0.389 e. The second-order valence-corrected chi connectivity index (χ2v) is 2.87. The molecule has 1 aliphatic heterocycles. The summed E-state index contributed by atoms with van der Waals surface area (Å²) in [5, 5.41) is 38.8. The molecule has 0 spiro atoms. The molecule has 1 aliphatic rings. The fourth-order valence-electron chi connectivity index (χ4n) is 1.15. The highest BCUT2D eigenvalue weighted by Crippen LogP contribution is 2.13. The molecule has 1 heterocycles. The molecule has 0 radical (unpaired) electrons. The van der Waals surface area contributed by atoms with Gasteiger partial charge in [0.25, 0.3) is 0 Å². The molecule has 5 heteroatoms. The van der Waals surface area contributed by atoms with Gasteiger partial charge in [0.15, 0.2) is 0 Å². The van der Waals surface area contributed by atoms with Crippen molar-refractivity contribution in [3.63, 3.8) is 0 Å². The van der Waals surface area contributed by atoms with E-state index in [2.05, 4.69) is 5.32 Å². The molecule has 66 valence electrons. The zero-order chi connectivity index (χ0) is 8.59. The third-order valence-corrected chi connectivity index (χ3v) is 1.97. The molecule has 0 saturated carbocycles. The van der Waals surface area contributed by atoms with E-state index in [0.717, 1.165) is 0 Å². The Morgan fingerprint density at radius 2 is 1.45 bits per heavy atom. The van der Waals surface area contributed by atoms with Crippen molar-refractivity contribution in [1.29, 1.82) is 0 Å². The van der Waals surface area contributed by atoms with Crippen molar-refractivity contribution >= 4 is 0 Å². The predicted molar refractivity (Wildman–Crippen MR) is 36.6 cm³/mol. The fourth-order valence-corrected chi connectivity index (χ4v) is 1.15. The normalized spacial score (nSPS) is 52.6. The van der Waals surface area contributed by atoms with E-state index < -0.39 is 30.6 Å². The third-order valence-electron chi connectivity index (χ3n) is 1.97. The van der Waals surface area contributed by atoms with E-state index >= 15 is 0 Å². The SMILES string of the molecule is C[C@H]1N[C@H](O)[C@H](O)[C@@H](O)[C@H]1O. The summed E-state index contributed by atoms with van der Waals surface area (Å²) in [5.41, 5.74) is 0. The largest absolute Gasteiger partial charge is 0.389 e. The Hall–Kier alpha value is -0.200. The molecule has 0 unspecified atom stereocenters. The third kappa shape index (κ3) is 1.52. The molecule has 0 bridgehead atoms. The number of rotatable bonds is 0. The lowest BCUT2D eigenvalue weighted by Gasteiger charge is -2.37. The van der Waals surface area contributed by atoms with Crippen molar-refractivity contribution in [3.05, 3.63) is 0 Å². The van der Waals surface area contributed by atoms with Crippen LogP contribution in [0, 0.1) is 0 Å². The summed E-state index contributed by atoms with van der Waals surface area (Å²) in [5.74, 6) is 0. The topological polar surface area (TPSA) is 93.0 Å². The van der Waals surface area contributed by atoms with Crippen molar-refractivity contribution < 1.29 is 20.4 Å².